The van der Waals surface area contributed by atoms with E-state index in [1.807, 2.05) is 35.2 Å². The van der Waals surface area contributed by atoms with Crippen LogP contribution in [-0.4, -0.2) is 74.8 Å². The average molecular weight is 490 g/mol. The molecule has 2 aliphatic rings. The molecule has 1 amide bonds. The Morgan fingerprint density at radius 1 is 1.03 bits per heavy atom. The van der Waals surface area contributed by atoms with Crippen LogP contribution in [0.4, 0.5) is 11.5 Å². The molecule has 4 heterocycles. The summed E-state index contributed by atoms with van der Waals surface area (Å²) in [4.78, 5) is 23.4. The summed E-state index contributed by atoms with van der Waals surface area (Å²) in [7, 11) is 0. The van der Waals surface area contributed by atoms with E-state index in [2.05, 4.69) is 50.2 Å². The van der Waals surface area contributed by atoms with Gasteiger partial charge in [0, 0.05) is 50.0 Å². The lowest BCUT2D eigenvalue weighted by atomic mass is 10.00. The molecule has 2 saturated heterocycles. The molecule has 182 valence electrons. The van der Waals surface area contributed by atoms with Gasteiger partial charge in [0.25, 0.3) is 5.91 Å². The van der Waals surface area contributed by atoms with E-state index < -0.39 is 0 Å². The third kappa shape index (κ3) is 4.91. The summed E-state index contributed by atoms with van der Waals surface area (Å²) in [6, 6.07) is 14.0. The van der Waals surface area contributed by atoms with Crippen molar-refractivity contribution in [3.8, 4) is 0 Å². The van der Waals surface area contributed by atoms with Crippen LogP contribution in [0, 0.1) is 5.92 Å². The number of nitrogens with one attached hydrogen (secondary N) is 1. The number of pyridine rings is 1. The van der Waals surface area contributed by atoms with E-state index in [4.69, 9.17) is 12.2 Å². The van der Waals surface area contributed by atoms with Crippen molar-refractivity contribution >= 4 is 45.6 Å². The summed E-state index contributed by atoms with van der Waals surface area (Å²) in [5.41, 5.74) is 2.33. The molecular formula is C26H31N7OS. The largest absolute Gasteiger partial charge is 0.351 e. The number of carbonyl (C=O) groups excluding carboxylic acids is 1. The predicted molar refractivity (Wildman–Crippen MR) is 143 cm³/mol. The van der Waals surface area contributed by atoms with Crippen LogP contribution in [0.5, 0.6) is 0 Å². The number of amides is 1. The molecule has 0 saturated carbocycles. The molecule has 2 aliphatic heterocycles. The van der Waals surface area contributed by atoms with E-state index in [0.717, 1.165) is 73.1 Å². The van der Waals surface area contributed by atoms with E-state index in [1.54, 1.807) is 12.3 Å². The second-order valence-corrected chi connectivity index (χ2v) is 9.92. The molecule has 5 rings (SSSR count). The van der Waals surface area contributed by atoms with Crippen LogP contribution in [0.25, 0.3) is 10.9 Å². The normalized spacial score (nSPS) is 18.4. The van der Waals surface area contributed by atoms with Crippen LogP contribution in [0.3, 0.4) is 0 Å². The molecule has 1 N–H and O–H groups in total. The molecule has 2 fully saturated rings. The van der Waals surface area contributed by atoms with E-state index in [0.29, 0.717) is 11.6 Å². The Kier molecular flexibility index (Phi) is 6.77. The first-order valence-electron chi connectivity index (χ1n) is 12.3. The zero-order valence-electron chi connectivity index (χ0n) is 20.2. The lowest BCUT2D eigenvalue weighted by molar-refractivity contribution is 0.0786. The first-order valence-corrected chi connectivity index (χ1v) is 12.7. The third-order valence-corrected chi connectivity index (χ3v) is 7.26. The summed E-state index contributed by atoms with van der Waals surface area (Å²) in [5, 5.41) is 13.9. The number of nitrogens with zero attached hydrogens (tertiary/aromatic N) is 6. The molecule has 9 heteroatoms. The Hall–Kier alpha value is -3.33. The summed E-state index contributed by atoms with van der Waals surface area (Å²) in [6.07, 6.45) is 3.93. The average Bonchev–Trinajstić information content (AvgIpc) is 3.43. The smallest absolute Gasteiger partial charge is 0.274 e. The minimum atomic E-state index is -0.0218. The second kappa shape index (κ2) is 10.1. The monoisotopic (exact) mass is 489 g/mol. The Morgan fingerprint density at radius 3 is 2.60 bits per heavy atom. The molecule has 1 atom stereocenters. The van der Waals surface area contributed by atoms with Crippen LogP contribution in [0.2, 0.25) is 0 Å². The molecule has 1 aromatic carbocycles. The SMILES string of the molecule is CC(C)C1CN(c2ccc(C(=O)N3CCCC3)nn2)CCN1C(=S)Nc1cccc2ncccc12. The first kappa shape index (κ1) is 23.4. The maximum absolute atomic E-state index is 12.6. The molecule has 0 aliphatic carbocycles. The van der Waals surface area contributed by atoms with Gasteiger partial charge in [0.05, 0.1) is 11.6 Å². The summed E-state index contributed by atoms with van der Waals surface area (Å²) < 4.78 is 0. The van der Waals surface area contributed by atoms with Gasteiger partial charge in [0.1, 0.15) is 0 Å². The lowest BCUT2D eigenvalue weighted by Crippen LogP contribution is -2.58. The topological polar surface area (TPSA) is 77.5 Å². The number of piperazine rings is 1. The highest BCUT2D eigenvalue weighted by molar-refractivity contribution is 7.80. The van der Waals surface area contributed by atoms with E-state index in [9.17, 15) is 4.79 Å². The fourth-order valence-corrected chi connectivity index (χ4v) is 5.27. The second-order valence-electron chi connectivity index (χ2n) is 9.53. The number of rotatable bonds is 4. The van der Waals surface area contributed by atoms with Gasteiger partial charge in [-0.05, 0) is 67.4 Å². The number of likely N-dealkylation sites (tertiary alicyclic amines) is 1. The number of thiocarbonyl (C=S) groups is 1. The number of hydrogen-bond donors (Lipinski definition) is 1. The van der Waals surface area contributed by atoms with Gasteiger partial charge in [-0.25, -0.2) is 0 Å². The van der Waals surface area contributed by atoms with Gasteiger partial charge in [-0.3, -0.25) is 9.78 Å². The van der Waals surface area contributed by atoms with Crippen molar-refractivity contribution in [2.24, 2.45) is 5.92 Å². The maximum atomic E-state index is 12.6. The van der Waals surface area contributed by atoms with E-state index in [1.165, 1.54) is 0 Å². The zero-order valence-corrected chi connectivity index (χ0v) is 21.0. The quantitative estimate of drug-likeness (QED) is 0.555. The minimum absolute atomic E-state index is 0.0218. The van der Waals surface area contributed by atoms with Gasteiger partial charge in [-0.15, -0.1) is 10.2 Å². The van der Waals surface area contributed by atoms with Gasteiger partial charge < -0.3 is 20.0 Å². The molecule has 35 heavy (non-hydrogen) atoms. The highest BCUT2D eigenvalue weighted by atomic mass is 32.1. The van der Waals surface area contributed by atoms with Gasteiger partial charge >= 0.3 is 0 Å². The first-order chi connectivity index (χ1) is 17.0. The van der Waals surface area contributed by atoms with E-state index >= 15 is 0 Å². The van der Waals surface area contributed by atoms with Gasteiger partial charge in [0.15, 0.2) is 16.6 Å². The Bertz CT molecular complexity index is 1200. The standard InChI is InChI=1S/C26H31N7OS/c1-18(2)23-17-32(24-11-10-22(29-30-24)25(34)31-13-3-4-14-31)15-16-33(23)26(35)28-21-9-5-8-20-19(21)7-6-12-27-20/h5-12,18,23H,3-4,13-17H2,1-2H3,(H,28,35). The van der Waals surface area contributed by atoms with Crippen molar-refractivity contribution in [2.45, 2.75) is 32.7 Å². The molecule has 0 bridgehead atoms. The van der Waals surface area contributed by atoms with Gasteiger partial charge in [-0.1, -0.05) is 19.9 Å². The Balaban J connectivity index is 1.28. The highest BCUT2D eigenvalue weighted by Gasteiger charge is 2.32. The zero-order chi connectivity index (χ0) is 24.4. The molecule has 0 radical (unpaired) electrons. The summed E-state index contributed by atoms with van der Waals surface area (Å²) in [5.74, 6) is 1.16. The number of aromatic nitrogens is 3. The minimum Gasteiger partial charge on any atom is -0.351 e. The van der Waals surface area contributed by atoms with Crippen molar-refractivity contribution in [2.75, 3.05) is 42.9 Å². The van der Waals surface area contributed by atoms with Crippen molar-refractivity contribution in [3.05, 3.63) is 54.4 Å². The third-order valence-electron chi connectivity index (χ3n) is 6.92. The van der Waals surface area contributed by atoms with Crippen molar-refractivity contribution in [3.63, 3.8) is 0 Å². The van der Waals surface area contributed by atoms with E-state index in [-0.39, 0.29) is 11.9 Å². The van der Waals surface area contributed by atoms with Crippen LogP contribution in [0.1, 0.15) is 37.2 Å². The maximum Gasteiger partial charge on any atom is 0.274 e. The Labute approximate surface area is 211 Å². The van der Waals surface area contributed by atoms with Crippen molar-refractivity contribution in [1.82, 2.24) is 25.0 Å². The molecule has 2 aromatic heterocycles. The van der Waals surface area contributed by atoms with Crippen molar-refractivity contribution < 1.29 is 4.79 Å². The number of fused-ring (bicyclic) bond motifs is 1. The molecule has 0 spiro atoms. The number of carbonyl (C=O) groups is 1. The van der Waals surface area contributed by atoms with Gasteiger partial charge in [0.2, 0.25) is 0 Å². The van der Waals surface area contributed by atoms with Crippen LogP contribution in [-0.2, 0) is 0 Å². The van der Waals surface area contributed by atoms with Gasteiger partial charge in [-0.2, -0.15) is 0 Å². The molecule has 1 unspecified atom stereocenters. The molecule has 3 aromatic rings. The lowest BCUT2D eigenvalue weighted by Gasteiger charge is -2.45. The molecular weight excluding hydrogens is 458 g/mol. The summed E-state index contributed by atoms with van der Waals surface area (Å²) in [6.45, 7) is 8.38. The number of anilines is 2. The highest BCUT2D eigenvalue weighted by Crippen LogP contribution is 2.25. The van der Waals surface area contributed by atoms with Crippen LogP contribution in [0.15, 0.2) is 48.7 Å². The molecule has 8 nitrogen and oxygen atoms in total. The number of hydrogen-bond acceptors (Lipinski definition) is 6. The fourth-order valence-electron chi connectivity index (χ4n) is 4.93. The van der Waals surface area contributed by atoms with Crippen molar-refractivity contribution in [1.29, 1.82) is 0 Å². The fraction of sp³-hybridized carbons (Fsp3) is 0.423. The Morgan fingerprint density at radius 2 is 1.86 bits per heavy atom. The summed E-state index contributed by atoms with van der Waals surface area (Å²) >= 11 is 5.87. The van der Waals surface area contributed by atoms with Crippen LogP contribution >= 0.6 is 12.2 Å². The van der Waals surface area contributed by atoms with Crippen LogP contribution < -0.4 is 10.2 Å². The predicted octanol–water partition coefficient (Wildman–Crippen LogP) is 3.80. The number of benzene rings is 1.